The van der Waals surface area contributed by atoms with E-state index in [4.69, 9.17) is 17.3 Å². The van der Waals surface area contributed by atoms with E-state index >= 15 is 0 Å². The Morgan fingerprint density at radius 3 is 2.10 bits per heavy atom. The number of nitrogens with two attached hydrogens (primary N) is 1. The van der Waals surface area contributed by atoms with Gasteiger partial charge in [0.1, 0.15) is 0 Å². The molecule has 1 aliphatic rings. The van der Waals surface area contributed by atoms with E-state index in [0.717, 1.165) is 11.1 Å². The van der Waals surface area contributed by atoms with E-state index < -0.39 is 73.8 Å². The number of amides is 3. The Hall–Kier alpha value is -3.61. The molecule has 1 unspecified atom stereocenters. The number of benzodiazepines with no additional fused rings is 1. The van der Waals surface area contributed by atoms with Crippen molar-refractivity contribution in [3.05, 3.63) is 63.7 Å². The Labute approximate surface area is 236 Å². The molecule has 0 aliphatic carbocycles. The number of alkyl halides is 6. The lowest BCUT2D eigenvalue weighted by molar-refractivity contribution is -0.152. The molecule has 2 aromatic rings. The van der Waals surface area contributed by atoms with Crippen LogP contribution in [0.25, 0.3) is 0 Å². The van der Waals surface area contributed by atoms with Gasteiger partial charge in [-0.2, -0.15) is 26.3 Å². The van der Waals surface area contributed by atoms with Crippen molar-refractivity contribution in [2.24, 2.45) is 22.6 Å². The average Bonchev–Trinajstić information content (AvgIpc) is 2.96. The lowest BCUT2D eigenvalue weighted by Crippen LogP contribution is -2.48. The SMILES string of the molecule is Cc1cc(C)cc(C2=NC(NC(=O)[C@H](CCC(F)(F)F)[C@H](CCC(F)(F)F)C(N)=O)C(=O)Nc3c(Cl)cccc32)c1. The van der Waals surface area contributed by atoms with Crippen LogP contribution in [0.3, 0.4) is 0 Å². The van der Waals surface area contributed by atoms with Crippen molar-refractivity contribution < 1.29 is 40.7 Å². The van der Waals surface area contributed by atoms with Crippen molar-refractivity contribution in [3.8, 4) is 0 Å². The Morgan fingerprint density at radius 1 is 1.00 bits per heavy atom. The predicted molar refractivity (Wildman–Crippen MR) is 140 cm³/mol. The van der Waals surface area contributed by atoms with Crippen molar-refractivity contribution in [2.75, 3.05) is 5.32 Å². The molecule has 3 atom stereocenters. The molecule has 0 saturated heterocycles. The van der Waals surface area contributed by atoms with E-state index in [0.29, 0.717) is 11.1 Å². The van der Waals surface area contributed by atoms with E-state index in [1.165, 1.54) is 6.07 Å². The maximum atomic E-state index is 13.3. The van der Waals surface area contributed by atoms with E-state index in [2.05, 4.69) is 15.6 Å². The zero-order valence-corrected chi connectivity index (χ0v) is 22.7. The number of para-hydroxylation sites is 1. The molecule has 222 valence electrons. The van der Waals surface area contributed by atoms with Gasteiger partial charge in [-0.05, 0) is 44.9 Å². The topological polar surface area (TPSA) is 114 Å². The molecule has 0 bridgehead atoms. The summed E-state index contributed by atoms with van der Waals surface area (Å²) in [6, 6.07) is 10.1. The molecule has 7 nitrogen and oxygen atoms in total. The second-order valence-electron chi connectivity index (χ2n) is 9.84. The number of hydrogen-bond donors (Lipinski definition) is 3. The van der Waals surface area contributed by atoms with Gasteiger partial charge in [-0.1, -0.05) is 40.9 Å². The number of aryl methyl sites for hydroxylation is 2. The number of carbonyl (C=O) groups excluding carboxylic acids is 3. The molecule has 3 rings (SSSR count). The van der Waals surface area contributed by atoms with Crippen LogP contribution in [0.1, 0.15) is 47.9 Å². The number of rotatable bonds is 9. The molecular weight excluding hydrogens is 578 g/mol. The summed E-state index contributed by atoms with van der Waals surface area (Å²) in [6.45, 7) is 3.65. The van der Waals surface area contributed by atoms with E-state index in [-0.39, 0.29) is 16.4 Å². The van der Waals surface area contributed by atoms with Gasteiger partial charge in [-0.25, -0.2) is 4.99 Å². The van der Waals surface area contributed by atoms with Crippen LogP contribution in [-0.4, -0.2) is 42.0 Å². The number of nitrogens with zero attached hydrogens (tertiary/aromatic N) is 1. The van der Waals surface area contributed by atoms with E-state index in [1.807, 2.05) is 19.9 Å². The van der Waals surface area contributed by atoms with E-state index in [9.17, 15) is 40.7 Å². The summed E-state index contributed by atoms with van der Waals surface area (Å²) in [5, 5.41) is 4.91. The fourth-order valence-corrected chi connectivity index (χ4v) is 4.90. The monoisotopic (exact) mass is 604 g/mol. The van der Waals surface area contributed by atoms with Crippen molar-refractivity contribution in [3.63, 3.8) is 0 Å². The summed E-state index contributed by atoms with van der Waals surface area (Å²) < 4.78 is 77.9. The highest BCUT2D eigenvalue weighted by molar-refractivity contribution is 6.36. The number of primary amides is 1. The maximum absolute atomic E-state index is 13.3. The molecule has 0 aromatic heterocycles. The van der Waals surface area contributed by atoms with Crippen molar-refractivity contribution >= 4 is 40.7 Å². The lowest BCUT2D eigenvalue weighted by Gasteiger charge is -2.26. The Kier molecular flexibility index (Phi) is 9.73. The predicted octanol–water partition coefficient (Wildman–Crippen LogP) is 5.59. The van der Waals surface area contributed by atoms with Crippen LogP contribution in [-0.2, 0) is 14.4 Å². The van der Waals surface area contributed by atoms with Crippen LogP contribution in [0.4, 0.5) is 32.0 Å². The minimum absolute atomic E-state index is 0.142. The highest BCUT2D eigenvalue weighted by Crippen LogP contribution is 2.34. The highest BCUT2D eigenvalue weighted by atomic mass is 35.5. The average molecular weight is 605 g/mol. The smallest absolute Gasteiger partial charge is 0.369 e. The number of aliphatic imine (C=N–C) groups is 1. The zero-order valence-electron chi connectivity index (χ0n) is 21.9. The minimum Gasteiger partial charge on any atom is -0.369 e. The number of benzene rings is 2. The molecule has 4 N–H and O–H groups in total. The van der Waals surface area contributed by atoms with Gasteiger partial charge in [0, 0.05) is 35.8 Å². The summed E-state index contributed by atoms with van der Waals surface area (Å²) >= 11 is 6.32. The Balaban J connectivity index is 2.04. The summed E-state index contributed by atoms with van der Waals surface area (Å²) in [4.78, 5) is 42.9. The number of anilines is 1. The quantitative estimate of drug-likeness (QED) is 0.324. The third-order valence-electron chi connectivity index (χ3n) is 6.46. The second-order valence-corrected chi connectivity index (χ2v) is 10.2. The highest BCUT2D eigenvalue weighted by Gasteiger charge is 2.40. The first-order valence-corrected chi connectivity index (χ1v) is 12.8. The lowest BCUT2D eigenvalue weighted by atomic mass is 9.83. The maximum Gasteiger partial charge on any atom is 0.389 e. The van der Waals surface area contributed by atoms with E-state index in [1.54, 1.807) is 24.3 Å². The third-order valence-corrected chi connectivity index (χ3v) is 6.78. The van der Waals surface area contributed by atoms with Crippen LogP contribution < -0.4 is 16.4 Å². The number of hydrogen-bond acceptors (Lipinski definition) is 4. The van der Waals surface area contributed by atoms with Gasteiger partial charge < -0.3 is 16.4 Å². The molecule has 41 heavy (non-hydrogen) atoms. The van der Waals surface area contributed by atoms with Crippen LogP contribution in [0.2, 0.25) is 5.02 Å². The number of halogens is 7. The Bertz CT molecular complexity index is 1340. The van der Waals surface area contributed by atoms with Crippen molar-refractivity contribution in [2.45, 2.75) is 58.0 Å². The molecule has 0 saturated carbocycles. The normalized spacial score (nSPS) is 17.0. The Morgan fingerprint density at radius 2 is 1.56 bits per heavy atom. The summed E-state index contributed by atoms with van der Waals surface area (Å²) in [6.07, 6.45) is -16.4. The molecule has 2 aromatic carbocycles. The summed E-state index contributed by atoms with van der Waals surface area (Å²) in [5.41, 5.74) is 8.24. The molecule has 0 fully saturated rings. The first kappa shape index (κ1) is 31.9. The third kappa shape index (κ3) is 8.69. The molecule has 14 heteroatoms. The zero-order chi connectivity index (χ0) is 30.7. The first-order chi connectivity index (χ1) is 18.9. The van der Waals surface area contributed by atoms with Gasteiger partial charge in [-0.3, -0.25) is 14.4 Å². The summed E-state index contributed by atoms with van der Waals surface area (Å²) in [7, 11) is 0. The van der Waals surface area contributed by atoms with Crippen molar-refractivity contribution in [1.29, 1.82) is 0 Å². The minimum atomic E-state index is -4.78. The number of fused-ring (bicyclic) bond motifs is 1. The van der Waals surface area contributed by atoms with Gasteiger partial charge >= 0.3 is 12.4 Å². The van der Waals surface area contributed by atoms with Crippen LogP contribution in [0, 0.1) is 25.7 Å². The van der Waals surface area contributed by atoms with Crippen LogP contribution in [0.5, 0.6) is 0 Å². The van der Waals surface area contributed by atoms with Crippen LogP contribution >= 0.6 is 11.6 Å². The molecule has 1 heterocycles. The molecule has 0 spiro atoms. The fraction of sp³-hybridized carbons (Fsp3) is 0.407. The second kappa shape index (κ2) is 12.5. The molecule has 0 radical (unpaired) electrons. The van der Waals surface area contributed by atoms with Gasteiger partial charge in [0.15, 0.2) is 0 Å². The van der Waals surface area contributed by atoms with Gasteiger partial charge in [-0.15, -0.1) is 0 Å². The standard InChI is InChI=1S/C27H27ClF6N4O3/c1-13-10-14(2)12-15(11-13)20-18-4-3-5-19(28)21(18)37-25(41)23(36-20)38-24(40)17(7-9-27(32,33)34)16(22(35)39)6-8-26(29,30)31/h3-5,10-12,16-17,23H,6-9H2,1-2H3,(H2,35,39)(H,37,41)(H,38,40)/t16-,17+,23?/m0/s1. The molecule has 1 aliphatic heterocycles. The van der Waals surface area contributed by atoms with Gasteiger partial charge in [0.05, 0.1) is 16.4 Å². The van der Waals surface area contributed by atoms with Gasteiger partial charge in [0.2, 0.25) is 18.0 Å². The fourth-order valence-electron chi connectivity index (χ4n) is 4.67. The molecular formula is C27H27ClF6N4O3. The number of carbonyl (C=O) groups is 3. The van der Waals surface area contributed by atoms with Crippen LogP contribution in [0.15, 0.2) is 41.4 Å². The first-order valence-electron chi connectivity index (χ1n) is 12.4. The number of nitrogens with one attached hydrogen (secondary N) is 2. The summed E-state index contributed by atoms with van der Waals surface area (Å²) in [5.74, 6) is -7.37. The largest absolute Gasteiger partial charge is 0.389 e. The van der Waals surface area contributed by atoms with Crippen molar-refractivity contribution in [1.82, 2.24) is 5.32 Å². The molecule has 3 amide bonds. The van der Waals surface area contributed by atoms with Gasteiger partial charge in [0.25, 0.3) is 5.91 Å².